The molecule has 1 saturated carbocycles. The largest absolute Gasteiger partial charge is 0.461 e. The second-order valence-electron chi connectivity index (χ2n) is 3.90. The molecule has 0 aromatic rings. The monoisotopic (exact) mass is 187 g/mol. The highest BCUT2D eigenvalue weighted by Crippen LogP contribution is 2.58. The molecule has 1 aliphatic carbocycles. The second-order valence-corrected chi connectivity index (χ2v) is 3.90. The van der Waals surface area contributed by atoms with Crippen LogP contribution >= 0.6 is 0 Å². The van der Waals surface area contributed by atoms with Gasteiger partial charge in [0.05, 0.1) is 12.0 Å². The molecule has 1 aliphatic rings. The van der Waals surface area contributed by atoms with Crippen molar-refractivity contribution >= 4 is 5.97 Å². The van der Waals surface area contributed by atoms with Gasteiger partial charge in [0, 0.05) is 11.3 Å². The Morgan fingerprint density at radius 2 is 2.08 bits per heavy atom. The average Bonchev–Trinajstić information content (AvgIpc) is 2.56. The zero-order chi connectivity index (χ0) is 10.3. The number of nitrogens with zero attached hydrogens (tertiary/aromatic N) is 1. The third-order valence-electron chi connectivity index (χ3n) is 2.62. The van der Waals surface area contributed by atoms with Gasteiger partial charge < -0.3 is 4.74 Å². The van der Waals surface area contributed by atoms with Crippen molar-refractivity contribution in [2.45, 2.75) is 32.7 Å². The Hall–Kier alpha value is -1.13. The smallest absolute Gasteiger partial charge is 0.385 e. The first-order valence-electron chi connectivity index (χ1n) is 4.20. The standard InChI is InChI=1S/C8H13NO4/c1-4-13-6(10)8(9(11)12)5-7(8,2)3/h4-5H2,1-3H3/t8-/m0/s1. The molecule has 0 unspecified atom stereocenters. The van der Waals surface area contributed by atoms with Gasteiger partial charge in [-0.3, -0.25) is 10.1 Å². The van der Waals surface area contributed by atoms with Crippen LogP contribution in [0.25, 0.3) is 0 Å². The molecular formula is C8H13NO4. The van der Waals surface area contributed by atoms with Crippen molar-refractivity contribution in [1.29, 1.82) is 0 Å². The minimum absolute atomic E-state index is 0.185. The summed E-state index contributed by atoms with van der Waals surface area (Å²) < 4.78 is 4.69. The Morgan fingerprint density at radius 1 is 1.62 bits per heavy atom. The van der Waals surface area contributed by atoms with Crippen molar-refractivity contribution in [2.75, 3.05) is 6.61 Å². The topological polar surface area (TPSA) is 69.4 Å². The summed E-state index contributed by atoms with van der Waals surface area (Å²) in [4.78, 5) is 21.5. The van der Waals surface area contributed by atoms with Crippen molar-refractivity contribution < 1.29 is 14.5 Å². The molecule has 0 amide bonds. The summed E-state index contributed by atoms with van der Waals surface area (Å²) in [6, 6.07) is 0. The van der Waals surface area contributed by atoms with Gasteiger partial charge in [-0.1, -0.05) is 13.8 Å². The molecule has 5 nitrogen and oxygen atoms in total. The predicted octanol–water partition coefficient (Wildman–Crippen LogP) is 0.995. The molecule has 1 atom stereocenters. The van der Waals surface area contributed by atoms with Gasteiger partial charge in [-0.15, -0.1) is 0 Å². The summed E-state index contributed by atoms with van der Waals surface area (Å²) >= 11 is 0. The third kappa shape index (κ3) is 1.18. The highest BCUT2D eigenvalue weighted by Gasteiger charge is 2.79. The Balaban J connectivity index is 2.85. The molecule has 74 valence electrons. The fraction of sp³-hybridized carbons (Fsp3) is 0.875. The van der Waals surface area contributed by atoms with Gasteiger partial charge in [0.15, 0.2) is 0 Å². The minimum atomic E-state index is -1.48. The van der Waals surface area contributed by atoms with Gasteiger partial charge in [0.2, 0.25) is 0 Å². The van der Waals surface area contributed by atoms with Crippen molar-refractivity contribution in [3.63, 3.8) is 0 Å². The number of carbonyl (C=O) groups is 1. The summed E-state index contributed by atoms with van der Waals surface area (Å²) in [5.74, 6) is -0.704. The van der Waals surface area contributed by atoms with Crippen LogP contribution in [-0.2, 0) is 9.53 Å². The van der Waals surface area contributed by atoms with Crippen LogP contribution in [0.15, 0.2) is 0 Å². The van der Waals surface area contributed by atoms with E-state index < -0.39 is 21.8 Å². The van der Waals surface area contributed by atoms with Gasteiger partial charge in [0.1, 0.15) is 0 Å². The summed E-state index contributed by atoms with van der Waals surface area (Å²) in [5, 5.41) is 10.7. The number of ether oxygens (including phenoxy) is 1. The van der Waals surface area contributed by atoms with Crippen LogP contribution in [0.4, 0.5) is 0 Å². The van der Waals surface area contributed by atoms with E-state index in [9.17, 15) is 14.9 Å². The van der Waals surface area contributed by atoms with Crippen molar-refractivity contribution in [1.82, 2.24) is 0 Å². The number of nitro groups is 1. The second kappa shape index (κ2) is 2.68. The molecule has 0 aromatic carbocycles. The van der Waals surface area contributed by atoms with Gasteiger partial charge in [0.25, 0.3) is 0 Å². The Kier molecular flexibility index (Phi) is 2.05. The number of carbonyl (C=O) groups excluding carboxylic acids is 1. The lowest BCUT2D eigenvalue weighted by Gasteiger charge is -2.10. The molecule has 0 aromatic heterocycles. The molecule has 0 aliphatic heterocycles. The third-order valence-corrected chi connectivity index (χ3v) is 2.62. The lowest BCUT2D eigenvalue weighted by molar-refractivity contribution is -0.533. The first-order chi connectivity index (χ1) is 5.88. The van der Waals surface area contributed by atoms with E-state index in [1.54, 1.807) is 20.8 Å². The van der Waals surface area contributed by atoms with Crippen LogP contribution in [0, 0.1) is 15.5 Å². The van der Waals surface area contributed by atoms with E-state index in [1.807, 2.05) is 0 Å². The Morgan fingerprint density at radius 3 is 2.31 bits per heavy atom. The van der Waals surface area contributed by atoms with E-state index in [2.05, 4.69) is 4.74 Å². The molecular weight excluding hydrogens is 174 g/mol. The first-order valence-corrected chi connectivity index (χ1v) is 4.20. The zero-order valence-electron chi connectivity index (χ0n) is 7.99. The van der Waals surface area contributed by atoms with Gasteiger partial charge in [-0.25, -0.2) is 4.79 Å². The van der Waals surface area contributed by atoms with Gasteiger partial charge >= 0.3 is 11.5 Å². The molecule has 0 bridgehead atoms. The average molecular weight is 187 g/mol. The lowest BCUT2D eigenvalue weighted by atomic mass is 10.1. The number of esters is 1. The molecule has 1 fully saturated rings. The van der Waals surface area contributed by atoms with Crippen LogP contribution in [-0.4, -0.2) is 23.0 Å². The van der Waals surface area contributed by atoms with Crippen molar-refractivity contribution in [2.24, 2.45) is 5.41 Å². The maximum atomic E-state index is 11.3. The molecule has 13 heavy (non-hydrogen) atoms. The van der Waals surface area contributed by atoms with E-state index in [4.69, 9.17) is 0 Å². The molecule has 0 spiro atoms. The molecule has 0 heterocycles. The normalized spacial score (nSPS) is 29.5. The SMILES string of the molecule is CCOC(=O)[C@@]1([N+](=O)[O-])CC1(C)C. The number of hydrogen-bond acceptors (Lipinski definition) is 4. The van der Waals surface area contributed by atoms with Crippen LogP contribution in [0.2, 0.25) is 0 Å². The van der Waals surface area contributed by atoms with Crippen LogP contribution in [0.5, 0.6) is 0 Å². The number of rotatable bonds is 3. The quantitative estimate of drug-likeness (QED) is 0.375. The molecule has 0 saturated heterocycles. The Labute approximate surface area is 76.2 Å². The van der Waals surface area contributed by atoms with Crippen LogP contribution in [0.1, 0.15) is 27.2 Å². The van der Waals surface area contributed by atoms with E-state index in [-0.39, 0.29) is 13.0 Å². The van der Waals surface area contributed by atoms with Crippen LogP contribution in [0.3, 0.4) is 0 Å². The van der Waals surface area contributed by atoms with Gasteiger partial charge in [-0.05, 0) is 6.92 Å². The maximum Gasteiger partial charge on any atom is 0.385 e. The predicted molar refractivity (Wildman–Crippen MR) is 44.8 cm³/mol. The molecule has 0 N–H and O–H groups in total. The highest BCUT2D eigenvalue weighted by atomic mass is 16.6. The molecule has 1 rings (SSSR count). The fourth-order valence-corrected chi connectivity index (χ4v) is 1.58. The molecule has 5 heteroatoms. The summed E-state index contributed by atoms with van der Waals surface area (Å²) in [5.41, 5.74) is -2.05. The van der Waals surface area contributed by atoms with Crippen LogP contribution < -0.4 is 0 Å². The van der Waals surface area contributed by atoms with Crippen molar-refractivity contribution in [3.8, 4) is 0 Å². The van der Waals surface area contributed by atoms with E-state index >= 15 is 0 Å². The molecule has 0 radical (unpaired) electrons. The van der Waals surface area contributed by atoms with E-state index in [1.165, 1.54) is 0 Å². The number of hydrogen-bond donors (Lipinski definition) is 0. The van der Waals surface area contributed by atoms with Crippen molar-refractivity contribution in [3.05, 3.63) is 10.1 Å². The fourth-order valence-electron chi connectivity index (χ4n) is 1.58. The van der Waals surface area contributed by atoms with Gasteiger partial charge in [-0.2, -0.15) is 0 Å². The summed E-state index contributed by atoms with van der Waals surface area (Å²) in [6.07, 6.45) is 0.270. The first kappa shape index (κ1) is 9.95. The minimum Gasteiger partial charge on any atom is -0.461 e. The zero-order valence-corrected chi connectivity index (χ0v) is 7.99. The van der Waals surface area contributed by atoms with E-state index in [0.29, 0.717) is 0 Å². The lowest BCUT2D eigenvalue weighted by Crippen LogP contribution is -2.38. The van der Waals surface area contributed by atoms with E-state index in [0.717, 1.165) is 0 Å². The maximum absolute atomic E-state index is 11.3. The summed E-state index contributed by atoms with van der Waals surface area (Å²) in [7, 11) is 0. The Bertz CT molecular complexity index is 261. The highest BCUT2D eigenvalue weighted by molar-refractivity contribution is 5.84. The summed E-state index contributed by atoms with van der Waals surface area (Å²) in [6.45, 7) is 5.23.